The molecule has 6 heteroatoms. The topological polar surface area (TPSA) is 99.4 Å². The molecule has 0 aromatic carbocycles. The Bertz CT molecular complexity index is 1040. The summed E-state index contributed by atoms with van der Waals surface area (Å²) in [7, 11) is 0. The molecule has 0 bridgehead atoms. The van der Waals surface area contributed by atoms with E-state index in [9.17, 15) is 20.4 Å². The Morgan fingerprint density at radius 1 is 0.857 bits per heavy atom. The van der Waals surface area contributed by atoms with Crippen LogP contribution in [-0.2, 0) is 9.47 Å². The number of hydrogen-bond donors (Lipinski definition) is 4. The van der Waals surface area contributed by atoms with Gasteiger partial charge in [0.2, 0.25) is 0 Å². The van der Waals surface area contributed by atoms with E-state index in [-0.39, 0.29) is 46.2 Å². The van der Waals surface area contributed by atoms with Crippen LogP contribution < -0.4 is 0 Å². The number of ether oxygens (including phenoxy) is 2. The van der Waals surface area contributed by atoms with Gasteiger partial charge in [-0.1, -0.05) is 46.8 Å². The molecule has 0 spiro atoms. The Morgan fingerprint density at radius 3 is 2.26 bits per heavy atom. The van der Waals surface area contributed by atoms with E-state index in [1.807, 2.05) is 0 Å². The second-order valence-corrected chi connectivity index (χ2v) is 17.3. The van der Waals surface area contributed by atoms with Crippen LogP contribution in [0.1, 0.15) is 112 Å². The van der Waals surface area contributed by atoms with Crippen LogP contribution in [0.3, 0.4) is 0 Å². The van der Waals surface area contributed by atoms with Gasteiger partial charge in [0, 0.05) is 13.0 Å². The summed E-state index contributed by atoms with van der Waals surface area (Å²) in [4.78, 5) is 0. The second kappa shape index (κ2) is 10.5. The molecule has 42 heavy (non-hydrogen) atoms. The van der Waals surface area contributed by atoms with E-state index in [1.165, 1.54) is 44.1 Å². The van der Waals surface area contributed by atoms with E-state index >= 15 is 0 Å². The van der Waals surface area contributed by atoms with Crippen LogP contribution in [0.5, 0.6) is 0 Å². The van der Waals surface area contributed by atoms with Gasteiger partial charge in [-0.2, -0.15) is 0 Å². The Labute approximate surface area is 254 Å². The minimum atomic E-state index is -1.02. The highest BCUT2D eigenvalue weighted by molar-refractivity contribution is 5.21. The molecule has 1 heterocycles. The normalized spacial score (nSPS) is 55.2. The minimum Gasteiger partial charge on any atom is -0.396 e. The molecule has 240 valence electrons. The van der Waals surface area contributed by atoms with Gasteiger partial charge in [-0.15, -0.1) is 0 Å². The van der Waals surface area contributed by atoms with Crippen molar-refractivity contribution in [2.24, 2.45) is 56.7 Å². The van der Waals surface area contributed by atoms with Gasteiger partial charge in [0.15, 0.2) is 6.29 Å². The molecule has 1 aliphatic heterocycles. The lowest BCUT2D eigenvalue weighted by Crippen LogP contribution is -2.67. The Hall–Kier alpha value is -0.500. The highest BCUT2D eigenvalue weighted by atomic mass is 16.6. The first kappa shape index (κ1) is 31.5. The first-order valence-corrected chi connectivity index (χ1v) is 17.2. The monoisotopic (exact) mass is 588 g/mol. The molecule has 6 nitrogen and oxygen atoms in total. The minimum absolute atomic E-state index is 0.00851. The van der Waals surface area contributed by atoms with E-state index in [0.29, 0.717) is 36.2 Å². The lowest BCUT2D eigenvalue weighted by atomic mass is 9.32. The Morgan fingerprint density at radius 2 is 1.60 bits per heavy atom. The van der Waals surface area contributed by atoms with Gasteiger partial charge in [-0.3, -0.25) is 0 Å². The summed E-state index contributed by atoms with van der Waals surface area (Å²) in [6.07, 6.45) is 8.69. The molecule has 5 saturated carbocycles. The van der Waals surface area contributed by atoms with Crippen molar-refractivity contribution in [3.63, 3.8) is 0 Å². The van der Waals surface area contributed by atoms with E-state index < -0.39 is 24.6 Å². The van der Waals surface area contributed by atoms with Gasteiger partial charge in [0.1, 0.15) is 12.2 Å². The molecule has 0 aromatic rings. The SMILES string of the molecule is C=C(C)[C@@H]1CC[C@]2(CO)CC[C@]3(C)[C@H](CC[C@@H]4[C@@]5(C)CCC(O[C@@H]6C[C@@H](O)O[C@@H](CO)[C@H]6O)C(C)(C)[C@@H]5CC[C@]43C)[C@@H]12. The summed E-state index contributed by atoms with van der Waals surface area (Å²) in [6.45, 7) is 19.4. The predicted octanol–water partition coefficient (Wildman–Crippen LogP) is 5.85. The van der Waals surface area contributed by atoms with Crippen molar-refractivity contribution in [3.8, 4) is 0 Å². The number of fused-ring (bicyclic) bond motifs is 7. The maximum atomic E-state index is 10.9. The highest BCUT2D eigenvalue weighted by Crippen LogP contribution is 2.77. The fraction of sp³-hybridized carbons (Fsp3) is 0.944. The van der Waals surface area contributed by atoms with Crippen LogP contribution in [0.2, 0.25) is 0 Å². The molecule has 4 N–H and O–H groups in total. The van der Waals surface area contributed by atoms with E-state index in [0.717, 1.165) is 25.7 Å². The molecule has 1 unspecified atom stereocenters. The van der Waals surface area contributed by atoms with Crippen LogP contribution in [0.4, 0.5) is 0 Å². The molecule has 1 saturated heterocycles. The molecule has 6 fully saturated rings. The fourth-order valence-electron chi connectivity index (χ4n) is 13.2. The molecule has 14 atom stereocenters. The maximum absolute atomic E-state index is 10.9. The van der Waals surface area contributed by atoms with E-state index in [1.54, 1.807) is 0 Å². The highest BCUT2D eigenvalue weighted by Gasteiger charge is 2.71. The zero-order chi connectivity index (χ0) is 30.5. The van der Waals surface area contributed by atoms with Crippen molar-refractivity contribution < 1.29 is 29.9 Å². The van der Waals surface area contributed by atoms with Crippen LogP contribution in [-0.4, -0.2) is 64.3 Å². The third-order valence-electron chi connectivity index (χ3n) is 15.5. The summed E-state index contributed by atoms with van der Waals surface area (Å²) in [5, 5.41) is 41.6. The van der Waals surface area contributed by atoms with Gasteiger partial charge in [-0.05, 0) is 128 Å². The van der Waals surface area contributed by atoms with Gasteiger partial charge in [0.25, 0.3) is 0 Å². The predicted molar refractivity (Wildman–Crippen MR) is 163 cm³/mol. The average Bonchev–Trinajstić information content (AvgIpc) is 3.33. The second-order valence-electron chi connectivity index (χ2n) is 17.3. The third kappa shape index (κ3) is 4.24. The molecule has 6 aliphatic rings. The van der Waals surface area contributed by atoms with Gasteiger partial charge in [0.05, 0.1) is 18.8 Å². The zero-order valence-corrected chi connectivity index (χ0v) is 27.3. The van der Waals surface area contributed by atoms with Crippen molar-refractivity contribution in [3.05, 3.63) is 12.2 Å². The van der Waals surface area contributed by atoms with Crippen LogP contribution in [0.25, 0.3) is 0 Å². The molecule has 0 radical (unpaired) electrons. The lowest BCUT2D eigenvalue weighted by Gasteiger charge is -2.73. The van der Waals surface area contributed by atoms with Crippen molar-refractivity contribution in [1.82, 2.24) is 0 Å². The standard InChI is InChI=1S/C36H60O6/c1-21(2)22-10-15-36(20-38)17-16-34(6)23(30(22)36)8-9-27-33(5)13-12-28(32(3,4)26(33)11-14-35(27,34)7)41-24-18-29(39)42-25(19-37)31(24)40/h22-31,37-40H,1,8-20H2,2-7H3/t22-,23+,24+,25-,26-,27+,28?,29-,30+,31-,33-,34+,35+,36+/m0/s1. The molecular weight excluding hydrogens is 528 g/mol. The summed E-state index contributed by atoms with van der Waals surface area (Å²) in [5.74, 6) is 2.94. The lowest BCUT2D eigenvalue weighted by molar-refractivity contribution is -0.283. The van der Waals surface area contributed by atoms with Gasteiger partial charge < -0.3 is 29.9 Å². The first-order valence-electron chi connectivity index (χ1n) is 17.2. The van der Waals surface area contributed by atoms with E-state index in [4.69, 9.17) is 9.47 Å². The summed E-state index contributed by atoms with van der Waals surface area (Å²) in [5.41, 5.74) is 2.11. The summed E-state index contributed by atoms with van der Waals surface area (Å²) in [6, 6.07) is 0. The smallest absolute Gasteiger partial charge is 0.157 e. The van der Waals surface area contributed by atoms with Crippen molar-refractivity contribution in [1.29, 1.82) is 0 Å². The molecule has 0 amide bonds. The summed E-state index contributed by atoms with van der Waals surface area (Å²) < 4.78 is 12.1. The van der Waals surface area contributed by atoms with Gasteiger partial charge in [-0.25, -0.2) is 0 Å². The number of hydrogen-bond acceptors (Lipinski definition) is 6. The number of aliphatic hydroxyl groups is 4. The Balaban J connectivity index is 1.26. The van der Waals surface area contributed by atoms with Crippen molar-refractivity contribution in [2.45, 2.75) is 143 Å². The Kier molecular flexibility index (Phi) is 7.89. The summed E-state index contributed by atoms with van der Waals surface area (Å²) >= 11 is 0. The largest absolute Gasteiger partial charge is 0.396 e. The third-order valence-corrected chi connectivity index (χ3v) is 15.5. The molecule has 0 aromatic heterocycles. The molecule has 6 rings (SSSR count). The molecular formula is C36H60O6. The van der Waals surface area contributed by atoms with Crippen molar-refractivity contribution in [2.75, 3.05) is 13.2 Å². The average molecular weight is 589 g/mol. The quantitative estimate of drug-likeness (QED) is 0.301. The van der Waals surface area contributed by atoms with Crippen LogP contribution in [0.15, 0.2) is 12.2 Å². The molecule has 5 aliphatic carbocycles. The first-order chi connectivity index (χ1) is 19.7. The fourth-order valence-corrected chi connectivity index (χ4v) is 13.2. The number of aliphatic hydroxyl groups excluding tert-OH is 4. The number of rotatable bonds is 5. The van der Waals surface area contributed by atoms with Crippen LogP contribution >= 0.6 is 0 Å². The van der Waals surface area contributed by atoms with Gasteiger partial charge >= 0.3 is 0 Å². The van der Waals surface area contributed by atoms with E-state index in [2.05, 4.69) is 48.1 Å². The maximum Gasteiger partial charge on any atom is 0.157 e. The zero-order valence-electron chi connectivity index (χ0n) is 27.3. The number of allylic oxidation sites excluding steroid dienone is 1. The van der Waals surface area contributed by atoms with Crippen LogP contribution in [0, 0.1) is 56.7 Å². The van der Waals surface area contributed by atoms with Crippen molar-refractivity contribution >= 4 is 0 Å².